The normalized spacial score (nSPS) is 12.9. The Labute approximate surface area is 87.1 Å². The fourth-order valence-corrected chi connectivity index (χ4v) is 1.33. The van der Waals surface area contributed by atoms with Crippen LogP contribution < -0.4 is 0 Å². The fraction of sp³-hybridized carbons (Fsp3) is 0.500. The van der Waals surface area contributed by atoms with Crippen molar-refractivity contribution in [3.05, 3.63) is 17.0 Å². The number of ether oxygens (including phenoxy) is 1. The SMILES string of the molecule is CCCCOC(=O)c1noc2c1CN=C2. The van der Waals surface area contributed by atoms with Crippen LogP contribution in [0.15, 0.2) is 9.52 Å². The van der Waals surface area contributed by atoms with Gasteiger partial charge in [-0.2, -0.15) is 0 Å². The molecule has 2 rings (SSSR count). The zero-order chi connectivity index (χ0) is 10.7. The van der Waals surface area contributed by atoms with Gasteiger partial charge in [-0.15, -0.1) is 0 Å². The molecule has 0 saturated heterocycles. The molecule has 1 aromatic heterocycles. The average Bonchev–Trinajstić information content (AvgIpc) is 2.78. The van der Waals surface area contributed by atoms with Crippen LogP contribution in [0.2, 0.25) is 0 Å². The van der Waals surface area contributed by atoms with Gasteiger partial charge in [-0.05, 0) is 6.42 Å². The van der Waals surface area contributed by atoms with E-state index in [-0.39, 0.29) is 5.69 Å². The molecular formula is C10H12N2O3. The Bertz CT molecular complexity index is 395. The van der Waals surface area contributed by atoms with Crippen molar-refractivity contribution in [1.29, 1.82) is 0 Å². The summed E-state index contributed by atoms with van der Waals surface area (Å²) in [5, 5.41) is 3.68. The van der Waals surface area contributed by atoms with Crippen LogP contribution in [0.3, 0.4) is 0 Å². The second-order valence-corrected chi connectivity index (χ2v) is 3.33. The highest BCUT2D eigenvalue weighted by Gasteiger charge is 2.24. The van der Waals surface area contributed by atoms with E-state index >= 15 is 0 Å². The largest absolute Gasteiger partial charge is 0.461 e. The van der Waals surface area contributed by atoms with Crippen molar-refractivity contribution in [3.63, 3.8) is 0 Å². The number of aromatic nitrogens is 1. The maximum Gasteiger partial charge on any atom is 0.360 e. The van der Waals surface area contributed by atoms with Gasteiger partial charge in [-0.25, -0.2) is 4.79 Å². The highest BCUT2D eigenvalue weighted by atomic mass is 16.5. The van der Waals surface area contributed by atoms with Gasteiger partial charge in [0.2, 0.25) is 0 Å². The number of unbranched alkanes of at least 4 members (excludes halogenated alkanes) is 1. The van der Waals surface area contributed by atoms with Crippen molar-refractivity contribution in [3.8, 4) is 0 Å². The number of carbonyl (C=O) groups is 1. The monoisotopic (exact) mass is 208 g/mol. The molecule has 0 fully saturated rings. The first-order chi connectivity index (χ1) is 7.33. The standard InChI is InChI=1S/C10H12N2O3/c1-2-3-4-14-10(13)9-7-5-11-6-8(7)15-12-9/h6H,2-5H2,1H3. The molecule has 0 aromatic carbocycles. The van der Waals surface area contributed by atoms with Crippen LogP contribution in [-0.4, -0.2) is 23.9 Å². The van der Waals surface area contributed by atoms with Crippen LogP contribution in [-0.2, 0) is 11.3 Å². The Morgan fingerprint density at radius 2 is 2.53 bits per heavy atom. The van der Waals surface area contributed by atoms with Gasteiger partial charge in [-0.3, -0.25) is 4.99 Å². The highest BCUT2D eigenvalue weighted by Crippen LogP contribution is 2.19. The zero-order valence-corrected chi connectivity index (χ0v) is 8.52. The molecule has 1 aromatic rings. The van der Waals surface area contributed by atoms with Crippen LogP contribution in [0, 0.1) is 0 Å². The summed E-state index contributed by atoms with van der Waals surface area (Å²) in [5.74, 6) is 0.149. The molecule has 0 unspecified atom stereocenters. The predicted molar refractivity (Wildman–Crippen MR) is 53.0 cm³/mol. The Balaban J connectivity index is 2.01. The Hall–Kier alpha value is -1.65. The molecule has 0 aliphatic carbocycles. The summed E-state index contributed by atoms with van der Waals surface area (Å²) in [4.78, 5) is 15.5. The summed E-state index contributed by atoms with van der Waals surface area (Å²) in [5.41, 5.74) is 0.995. The highest BCUT2D eigenvalue weighted by molar-refractivity contribution is 5.93. The molecule has 5 heteroatoms. The zero-order valence-electron chi connectivity index (χ0n) is 8.52. The number of rotatable bonds is 4. The molecule has 0 saturated carbocycles. The first kappa shape index (κ1) is 9.89. The van der Waals surface area contributed by atoms with Gasteiger partial charge in [-0.1, -0.05) is 18.5 Å². The molecule has 0 spiro atoms. The first-order valence-electron chi connectivity index (χ1n) is 4.98. The second kappa shape index (κ2) is 4.25. The second-order valence-electron chi connectivity index (χ2n) is 3.33. The lowest BCUT2D eigenvalue weighted by atomic mass is 10.2. The number of hydrogen-bond acceptors (Lipinski definition) is 5. The van der Waals surface area contributed by atoms with Gasteiger partial charge < -0.3 is 9.26 Å². The van der Waals surface area contributed by atoms with Gasteiger partial charge in [0.15, 0.2) is 11.5 Å². The Morgan fingerprint density at radius 3 is 3.33 bits per heavy atom. The predicted octanol–water partition coefficient (Wildman–Crippen LogP) is 1.56. The van der Waals surface area contributed by atoms with E-state index in [0.717, 1.165) is 18.4 Å². The van der Waals surface area contributed by atoms with Crippen molar-refractivity contribution in [2.75, 3.05) is 6.61 Å². The summed E-state index contributed by atoms with van der Waals surface area (Å²) < 4.78 is 9.97. The summed E-state index contributed by atoms with van der Waals surface area (Å²) in [6.45, 7) is 2.92. The molecule has 15 heavy (non-hydrogen) atoms. The fourth-order valence-electron chi connectivity index (χ4n) is 1.33. The quantitative estimate of drug-likeness (QED) is 0.556. The molecule has 1 aliphatic heterocycles. The molecule has 0 N–H and O–H groups in total. The number of esters is 1. The van der Waals surface area contributed by atoms with Gasteiger partial charge in [0, 0.05) is 0 Å². The van der Waals surface area contributed by atoms with Crippen LogP contribution >= 0.6 is 0 Å². The maximum absolute atomic E-state index is 11.5. The van der Waals surface area contributed by atoms with Crippen molar-refractivity contribution >= 4 is 12.2 Å². The third-order valence-corrected chi connectivity index (χ3v) is 2.20. The molecule has 1 aliphatic rings. The number of nitrogens with zero attached hydrogens (tertiary/aromatic N) is 2. The Morgan fingerprint density at radius 1 is 1.67 bits per heavy atom. The van der Waals surface area contributed by atoms with Crippen LogP contribution in [0.4, 0.5) is 0 Å². The summed E-state index contributed by atoms with van der Waals surface area (Å²) in [6.07, 6.45) is 3.43. The Kier molecular flexibility index (Phi) is 2.80. The third-order valence-electron chi connectivity index (χ3n) is 2.20. The lowest BCUT2D eigenvalue weighted by Crippen LogP contribution is -2.08. The van der Waals surface area contributed by atoms with E-state index in [1.165, 1.54) is 0 Å². The lowest BCUT2D eigenvalue weighted by molar-refractivity contribution is 0.0487. The molecule has 0 radical (unpaired) electrons. The molecule has 0 bridgehead atoms. The number of hydrogen-bond donors (Lipinski definition) is 0. The van der Waals surface area contributed by atoms with Gasteiger partial charge in [0.05, 0.1) is 24.9 Å². The molecule has 2 heterocycles. The lowest BCUT2D eigenvalue weighted by Gasteiger charge is -2.00. The van der Waals surface area contributed by atoms with E-state index in [4.69, 9.17) is 9.26 Å². The van der Waals surface area contributed by atoms with Gasteiger partial charge in [0.1, 0.15) is 0 Å². The van der Waals surface area contributed by atoms with E-state index in [0.29, 0.717) is 18.9 Å². The molecular weight excluding hydrogens is 196 g/mol. The molecule has 80 valence electrons. The first-order valence-corrected chi connectivity index (χ1v) is 4.98. The smallest absolute Gasteiger partial charge is 0.360 e. The van der Waals surface area contributed by atoms with Gasteiger partial charge in [0.25, 0.3) is 0 Å². The minimum absolute atomic E-state index is 0.263. The average molecular weight is 208 g/mol. The molecule has 0 atom stereocenters. The van der Waals surface area contributed by atoms with Crippen LogP contribution in [0.25, 0.3) is 0 Å². The summed E-state index contributed by atoms with van der Waals surface area (Å²) in [6, 6.07) is 0. The minimum atomic E-state index is -0.418. The van der Waals surface area contributed by atoms with Crippen LogP contribution in [0.1, 0.15) is 41.6 Å². The van der Waals surface area contributed by atoms with Crippen molar-refractivity contribution < 1.29 is 14.1 Å². The van der Waals surface area contributed by atoms with E-state index in [2.05, 4.69) is 10.1 Å². The third kappa shape index (κ3) is 1.91. The van der Waals surface area contributed by atoms with E-state index in [1.54, 1.807) is 6.21 Å². The maximum atomic E-state index is 11.5. The van der Waals surface area contributed by atoms with Crippen molar-refractivity contribution in [1.82, 2.24) is 5.16 Å². The number of fused-ring (bicyclic) bond motifs is 1. The van der Waals surface area contributed by atoms with Crippen molar-refractivity contribution in [2.24, 2.45) is 4.99 Å². The van der Waals surface area contributed by atoms with E-state index in [1.807, 2.05) is 6.92 Å². The topological polar surface area (TPSA) is 64.7 Å². The molecule has 5 nitrogen and oxygen atoms in total. The van der Waals surface area contributed by atoms with Crippen molar-refractivity contribution in [2.45, 2.75) is 26.3 Å². The summed E-state index contributed by atoms with van der Waals surface area (Å²) >= 11 is 0. The minimum Gasteiger partial charge on any atom is -0.461 e. The summed E-state index contributed by atoms with van der Waals surface area (Å²) in [7, 11) is 0. The van der Waals surface area contributed by atoms with E-state index in [9.17, 15) is 4.79 Å². The van der Waals surface area contributed by atoms with Crippen LogP contribution in [0.5, 0.6) is 0 Å². The number of aliphatic imine (C=N–C) groups is 1. The molecule has 0 amide bonds. The number of carbonyl (C=O) groups excluding carboxylic acids is 1. The van der Waals surface area contributed by atoms with Gasteiger partial charge >= 0.3 is 5.97 Å². The van der Waals surface area contributed by atoms with E-state index < -0.39 is 5.97 Å².